The Kier molecular flexibility index (Phi) is 1.55. The molecule has 2 rings (SSSR count). The third kappa shape index (κ3) is 1.07. The lowest BCUT2D eigenvalue weighted by atomic mass is 10.3. The molecule has 0 unspecified atom stereocenters. The molecule has 0 spiro atoms. The van der Waals surface area contributed by atoms with Crippen LogP contribution in [0.1, 0.15) is 17.4 Å². The van der Waals surface area contributed by atoms with Gasteiger partial charge in [0.15, 0.2) is 0 Å². The first kappa shape index (κ1) is 7.79. The molecule has 4 heteroatoms. The summed E-state index contributed by atoms with van der Waals surface area (Å²) in [6.07, 6.45) is 1.72. The number of aromatic amines is 1. The Hall–Kier alpha value is -1.84. The normalized spacial score (nSPS) is 10.5. The smallest absolute Gasteiger partial charge is 0.332 e. The molecule has 0 amide bonds. The number of imidazole rings is 1. The van der Waals surface area contributed by atoms with Crippen molar-refractivity contribution >= 4 is 11.4 Å². The number of aromatic hydroxyl groups is 1. The monoisotopic (exact) mass is 177 g/mol. The Bertz CT molecular complexity index is 473. The summed E-state index contributed by atoms with van der Waals surface area (Å²) in [7, 11) is 0. The van der Waals surface area contributed by atoms with Crippen LogP contribution in [0.25, 0.3) is 5.65 Å². The van der Waals surface area contributed by atoms with Gasteiger partial charge < -0.3 is 5.11 Å². The highest BCUT2D eigenvalue weighted by Crippen LogP contribution is 2.11. The first-order valence-corrected chi connectivity index (χ1v) is 3.92. The van der Waals surface area contributed by atoms with Crippen molar-refractivity contribution < 1.29 is 14.3 Å². The van der Waals surface area contributed by atoms with Gasteiger partial charge in [-0.3, -0.25) is 4.79 Å². The Balaban J connectivity index is 2.86. The number of hydrogen-bond acceptors (Lipinski definition) is 2. The van der Waals surface area contributed by atoms with Gasteiger partial charge in [-0.25, -0.2) is 4.98 Å². The number of H-pyrrole nitrogens is 1. The number of fused-ring (bicyclic) bond motifs is 1. The van der Waals surface area contributed by atoms with Gasteiger partial charge in [0.25, 0.3) is 11.3 Å². The Morgan fingerprint density at radius 2 is 2.31 bits per heavy atom. The minimum Gasteiger partial charge on any atom is -0.475 e. The fourth-order valence-electron chi connectivity index (χ4n) is 1.37. The summed E-state index contributed by atoms with van der Waals surface area (Å²) in [5.74, 6) is -0.251. The van der Waals surface area contributed by atoms with Crippen LogP contribution >= 0.6 is 0 Å². The molecule has 0 bridgehead atoms. The summed E-state index contributed by atoms with van der Waals surface area (Å²) in [6.45, 7) is 1.42. The predicted molar refractivity (Wildman–Crippen MR) is 45.6 cm³/mol. The maximum Gasteiger partial charge on any atom is 0.332 e. The Morgan fingerprint density at radius 3 is 3.00 bits per heavy atom. The standard InChI is InChI=1S/C9H8N2O2/c1-6(12)8-9(13)10-7-4-2-3-5-11(7)8/h2-5H,1H3,(H,12,13)/p+1. The molecule has 0 aliphatic carbocycles. The van der Waals surface area contributed by atoms with Crippen LogP contribution in [0, 0.1) is 0 Å². The number of hydrogen-bond donors (Lipinski definition) is 2. The highest BCUT2D eigenvalue weighted by atomic mass is 16.3. The fraction of sp³-hybridized carbons (Fsp3) is 0.111. The second-order valence-electron chi connectivity index (χ2n) is 2.83. The van der Waals surface area contributed by atoms with Crippen LogP contribution < -0.4 is 4.40 Å². The van der Waals surface area contributed by atoms with E-state index >= 15 is 0 Å². The third-order valence-corrected chi connectivity index (χ3v) is 1.91. The van der Waals surface area contributed by atoms with Gasteiger partial charge in [0.05, 0.1) is 6.20 Å². The number of carbonyl (C=O) groups excluding carboxylic acids is 1. The minimum absolute atomic E-state index is 0.0845. The molecule has 0 aromatic carbocycles. The minimum atomic E-state index is -0.167. The van der Waals surface area contributed by atoms with Crippen molar-refractivity contribution in [1.29, 1.82) is 0 Å². The van der Waals surface area contributed by atoms with Crippen molar-refractivity contribution in [2.75, 3.05) is 0 Å². The van der Waals surface area contributed by atoms with Crippen molar-refractivity contribution in [3.05, 3.63) is 30.1 Å². The number of rotatable bonds is 1. The van der Waals surface area contributed by atoms with Crippen LogP contribution in [0.3, 0.4) is 0 Å². The van der Waals surface area contributed by atoms with Crippen LogP contribution in [-0.2, 0) is 0 Å². The van der Waals surface area contributed by atoms with E-state index in [2.05, 4.69) is 4.98 Å². The second-order valence-corrected chi connectivity index (χ2v) is 2.83. The molecule has 2 aromatic rings. The number of Topliss-reactive ketones (excluding diaryl/α,β-unsaturated/α-hetero) is 1. The number of aromatic nitrogens is 2. The van der Waals surface area contributed by atoms with Crippen molar-refractivity contribution in [2.45, 2.75) is 6.92 Å². The van der Waals surface area contributed by atoms with Crippen LogP contribution in [0.2, 0.25) is 0 Å². The van der Waals surface area contributed by atoms with E-state index in [0.717, 1.165) is 0 Å². The molecule has 0 radical (unpaired) electrons. The third-order valence-electron chi connectivity index (χ3n) is 1.91. The molecule has 0 atom stereocenters. The van der Waals surface area contributed by atoms with Crippen molar-refractivity contribution in [1.82, 2.24) is 4.98 Å². The molecule has 0 aliphatic rings. The highest BCUT2D eigenvalue weighted by Gasteiger charge is 2.21. The van der Waals surface area contributed by atoms with E-state index < -0.39 is 0 Å². The lowest BCUT2D eigenvalue weighted by Crippen LogP contribution is -2.25. The summed E-state index contributed by atoms with van der Waals surface area (Å²) < 4.78 is 1.62. The molecule has 4 nitrogen and oxygen atoms in total. The van der Waals surface area contributed by atoms with E-state index in [1.807, 2.05) is 6.07 Å². The first-order valence-electron chi connectivity index (χ1n) is 3.92. The molecular formula is C9H9N2O2+. The van der Waals surface area contributed by atoms with Crippen LogP contribution in [0.15, 0.2) is 24.4 Å². The first-order chi connectivity index (χ1) is 6.20. The van der Waals surface area contributed by atoms with Gasteiger partial charge in [-0.15, -0.1) is 0 Å². The SMILES string of the molecule is CC(=O)c1c(O)[nH]c2cccc[n+]12. The van der Waals surface area contributed by atoms with Crippen LogP contribution in [-0.4, -0.2) is 15.9 Å². The molecule has 66 valence electrons. The number of carbonyl (C=O) groups is 1. The van der Waals surface area contributed by atoms with Gasteiger partial charge >= 0.3 is 5.88 Å². The lowest BCUT2D eigenvalue weighted by Gasteiger charge is -1.87. The summed E-state index contributed by atoms with van der Waals surface area (Å²) in [5, 5.41) is 9.41. The number of nitrogens with one attached hydrogen (secondary N) is 1. The molecular weight excluding hydrogens is 168 g/mol. The van der Waals surface area contributed by atoms with Gasteiger partial charge in [0, 0.05) is 13.0 Å². The average molecular weight is 177 g/mol. The van der Waals surface area contributed by atoms with E-state index in [1.54, 1.807) is 22.7 Å². The fourth-order valence-corrected chi connectivity index (χ4v) is 1.37. The molecule has 0 saturated heterocycles. The molecule has 13 heavy (non-hydrogen) atoms. The van der Waals surface area contributed by atoms with Gasteiger partial charge in [-0.2, -0.15) is 4.40 Å². The van der Waals surface area contributed by atoms with Gasteiger partial charge in [-0.05, 0) is 6.07 Å². The van der Waals surface area contributed by atoms with Crippen LogP contribution in [0.4, 0.5) is 0 Å². The maximum absolute atomic E-state index is 11.1. The summed E-state index contributed by atoms with van der Waals surface area (Å²) in [6, 6.07) is 5.41. The molecule has 2 heterocycles. The van der Waals surface area contributed by atoms with Crippen molar-refractivity contribution in [3.63, 3.8) is 0 Å². The highest BCUT2D eigenvalue weighted by molar-refractivity contribution is 5.93. The number of pyridine rings is 1. The lowest BCUT2D eigenvalue weighted by molar-refractivity contribution is -0.513. The zero-order chi connectivity index (χ0) is 9.42. The number of nitrogens with zero attached hydrogens (tertiary/aromatic N) is 1. The van der Waals surface area contributed by atoms with E-state index in [9.17, 15) is 9.90 Å². The topological polar surface area (TPSA) is 57.2 Å². The second kappa shape index (κ2) is 2.58. The number of ketones is 1. The Labute approximate surface area is 74.5 Å². The molecule has 0 aliphatic heterocycles. The largest absolute Gasteiger partial charge is 0.475 e. The summed E-state index contributed by atoms with van der Waals surface area (Å²) in [4.78, 5) is 13.8. The predicted octanol–water partition coefficient (Wildman–Crippen LogP) is 0.662. The van der Waals surface area contributed by atoms with E-state index in [-0.39, 0.29) is 17.4 Å². The maximum atomic E-state index is 11.1. The average Bonchev–Trinajstić information content (AvgIpc) is 2.39. The molecule has 2 N–H and O–H groups in total. The quantitative estimate of drug-likeness (QED) is 0.496. The van der Waals surface area contributed by atoms with E-state index in [1.165, 1.54) is 6.92 Å². The summed E-state index contributed by atoms with van der Waals surface area (Å²) in [5.41, 5.74) is 0.987. The molecule has 0 saturated carbocycles. The van der Waals surface area contributed by atoms with Crippen molar-refractivity contribution in [3.8, 4) is 5.88 Å². The van der Waals surface area contributed by atoms with Gasteiger partial charge in [0.2, 0.25) is 5.78 Å². The van der Waals surface area contributed by atoms with Crippen LogP contribution in [0.5, 0.6) is 5.88 Å². The Morgan fingerprint density at radius 1 is 1.54 bits per heavy atom. The zero-order valence-electron chi connectivity index (χ0n) is 7.11. The van der Waals surface area contributed by atoms with Gasteiger partial charge in [0.1, 0.15) is 0 Å². The molecule has 0 fully saturated rings. The van der Waals surface area contributed by atoms with E-state index in [4.69, 9.17) is 0 Å². The van der Waals surface area contributed by atoms with Crippen molar-refractivity contribution in [2.24, 2.45) is 0 Å². The van der Waals surface area contributed by atoms with E-state index in [0.29, 0.717) is 5.65 Å². The van der Waals surface area contributed by atoms with Gasteiger partial charge in [-0.1, -0.05) is 6.07 Å². The zero-order valence-corrected chi connectivity index (χ0v) is 7.11. The summed E-state index contributed by atoms with van der Waals surface area (Å²) >= 11 is 0. The molecule has 2 aromatic heterocycles.